The number of anilines is 1. The van der Waals surface area contributed by atoms with Crippen molar-refractivity contribution < 1.29 is 4.52 Å². The number of aromatic nitrogens is 2. The minimum atomic E-state index is 0.362. The van der Waals surface area contributed by atoms with E-state index in [1.165, 1.54) is 10.4 Å². The molecule has 120 valence electrons. The Morgan fingerprint density at radius 1 is 1.27 bits per heavy atom. The monoisotopic (exact) mass is 320 g/mol. The second-order valence-corrected chi connectivity index (χ2v) is 7.12. The van der Waals surface area contributed by atoms with Crippen LogP contribution in [-0.2, 0) is 6.42 Å². The molecule has 1 aliphatic heterocycles. The molecule has 0 bridgehead atoms. The van der Waals surface area contributed by atoms with Gasteiger partial charge in [-0.05, 0) is 27.2 Å². The molecule has 0 aliphatic carbocycles. The zero-order valence-corrected chi connectivity index (χ0v) is 14.6. The molecule has 1 fully saturated rings. The van der Waals surface area contributed by atoms with Crippen LogP contribution in [0.25, 0.3) is 0 Å². The van der Waals surface area contributed by atoms with Gasteiger partial charge in [0.15, 0.2) is 5.13 Å². The van der Waals surface area contributed by atoms with Gasteiger partial charge in [0.25, 0.3) is 0 Å². The summed E-state index contributed by atoms with van der Waals surface area (Å²) in [5.74, 6) is 0.960. The molecule has 2 aromatic heterocycles. The van der Waals surface area contributed by atoms with Crippen LogP contribution >= 0.6 is 11.3 Å². The van der Waals surface area contributed by atoms with Crippen LogP contribution in [0.1, 0.15) is 41.8 Å². The lowest BCUT2D eigenvalue weighted by Crippen LogP contribution is -2.47. The Bertz CT molecular complexity index is 628. The summed E-state index contributed by atoms with van der Waals surface area (Å²) in [5, 5.41) is 5.35. The fraction of sp³-hybridized carbons (Fsp3) is 0.625. The number of nitrogens with zero attached hydrogens (tertiary/aromatic N) is 4. The molecule has 5 nitrogen and oxygen atoms in total. The van der Waals surface area contributed by atoms with Gasteiger partial charge < -0.3 is 9.42 Å². The average Bonchev–Trinajstić information content (AvgIpc) is 3.12. The van der Waals surface area contributed by atoms with Gasteiger partial charge in [-0.25, -0.2) is 4.98 Å². The Morgan fingerprint density at radius 3 is 2.59 bits per heavy atom. The third-order valence-electron chi connectivity index (χ3n) is 4.48. The van der Waals surface area contributed by atoms with E-state index in [1.54, 1.807) is 11.3 Å². The predicted octanol–water partition coefficient (Wildman–Crippen LogP) is 3.19. The van der Waals surface area contributed by atoms with Crippen molar-refractivity contribution in [1.29, 1.82) is 0 Å². The molecule has 0 unspecified atom stereocenters. The van der Waals surface area contributed by atoms with E-state index in [4.69, 9.17) is 4.52 Å². The van der Waals surface area contributed by atoms with Gasteiger partial charge in [-0.1, -0.05) is 12.1 Å². The molecule has 2 aromatic rings. The Kier molecular flexibility index (Phi) is 4.49. The van der Waals surface area contributed by atoms with E-state index in [0.717, 1.165) is 49.2 Å². The lowest BCUT2D eigenvalue weighted by Gasteiger charge is -2.38. The maximum absolute atomic E-state index is 5.40. The van der Waals surface area contributed by atoms with Crippen molar-refractivity contribution in [2.24, 2.45) is 0 Å². The molecule has 1 saturated heterocycles. The largest absolute Gasteiger partial charge is 0.361 e. The van der Waals surface area contributed by atoms with Crippen molar-refractivity contribution in [3.8, 4) is 0 Å². The zero-order valence-electron chi connectivity index (χ0n) is 13.8. The summed E-state index contributed by atoms with van der Waals surface area (Å²) < 4.78 is 5.40. The van der Waals surface area contributed by atoms with E-state index in [9.17, 15) is 0 Å². The molecule has 3 rings (SSSR count). The third kappa shape index (κ3) is 2.90. The summed E-state index contributed by atoms with van der Waals surface area (Å²) in [4.78, 5) is 10.7. The normalized spacial score (nSPS) is 17.9. The standard InChI is InChI=1S/C16H24N4OS/c1-5-14-15(13(4)21-18-14)12(3)19-6-8-20(9-7-19)16-17-10-11(2)22-16/h10,12H,5-9H2,1-4H3/t12-/m0/s1. The molecule has 1 atom stereocenters. The number of rotatable bonds is 4. The number of piperazine rings is 1. The van der Waals surface area contributed by atoms with E-state index >= 15 is 0 Å². The smallest absolute Gasteiger partial charge is 0.185 e. The quantitative estimate of drug-likeness (QED) is 0.865. The van der Waals surface area contributed by atoms with E-state index < -0.39 is 0 Å². The van der Waals surface area contributed by atoms with Crippen molar-refractivity contribution in [3.63, 3.8) is 0 Å². The Labute approximate surface area is 135 Å². The molecular formula is C16H24N4OS. The van der Waals surface area contributed by atoms with Crippen molar-refractivity contribution in [2.45, 2.75) is 40.2 Å². The minimum Gasteiger partial charge on any atom is -0.361 e. The molecule has 0 aromatic carbocycles. The highest BCUT2D eigenvalue weighted by Crippen LogP contribution is 2.29. The van der Waals surface area contributed by atoms with Gasteiger partial charge in [-0.3, -0.25) is 4.90 Å². The topological polar surface area (TPSA) is 45.4 Å². The summed E-state index contributed by atoms with van der Waals surface area (Å²) in [6.07, 6.45) is 2.89. The summed E-state index contributed by atoms with van der Waals surface area (Å²) in [7, 11) is 0. The molecule has 3 heterocycles. The summed E-state index contributed by atoms with van der Waals surface area (Å²) in [6, 6.07) is 0.362. The predicted molar refractivity (Wildman–Crippen MR) is 89.7 cm³/mol. The third-order valence-corrected chi connectivity index (χ3v) is 5.45. The Morgan fingerprint density at radius 2 is 2.00 bits per heavy atom. The Hall–Kier alpha value is -1.40. The summed E-state index contributed by atoms with van der Waals surface area (Å²) >= 11 is 1.78. The second kappa shape index (κ2) is 6.38. The van der Waals surface area contributed by atoms with Crippen molar-refractivity contribution >= 4 is 16.5 Å². The lowest BCUT2D eigenvalue weighted by molar-refractivity contribution is 0.196. The highest BCUT2D eigenvalue weighted by atomic mass is 32.1. The van der Waals surface area contributed by atoms with Crippen molar-refractivity contribution in [1.82, 2.24) is 15.0 Å². The number of hydrogen-bond donors (Lipinski definition) is 0. The molecule has 0 amide bonds. The van der Waals surface area contributed by atoms with E-state index in [1.807, 2.05) is 13.1 Å². The Balaban J connectivity index is 1.67. The van der Waals surface area contributed by atoms with E-state index in [0.29, 0.717) is 6.04 Å². The minimum absolute atomic E-state index is 0.362. The molecule has 0 spiro atoms. The van der Waals surface area contributed by atoms with Crippen LogP contribution in [0, 0.1) is 13.8 Å². The second-order valence-electron chi connectivity index (χ2n) is 5.91. The van der Waals surface area contributed by atoms with Crippen LogP contribution in [-0.4, -0.2) is 41.2 Å². The maximum Gasteiger partial charge on any atom is 0.185 e. The van der Waals surface area contributed by atoms with Gasteiger partial charge in [-0.2, -0.15) is 0 Å². The van der Waals surface area contributed by atoms with Gasteiger partial charge in [0, 0.05) is 48.9 Å². The van der Waals surface area contributed by atoms with Crippen LogP contribution in [0.2, 0.25) is 0 Å². The van der Waals surface area contributed by atoms with Crippen LogP contribution in [0.5, 0.6) is 0 Å². The first-order valence-corrected chi connectivity index (χ1v) is 8.78. The zero-order chi connectivity index (χ0) is 15.7. The molecule has 0 radical (unpaired) electrons. The average molecular weight is 320 g/mol. The van der Waals surface area contributed by atoms with Gasteiger partial charge >= 0.3 is 0 Å². The van der Waals surface area contributed by atoms with Crippen molar-refractivity contribution in [2.75, 3.05) is 31.1 Å². The number of thiazole rings is 1. The first-order valence-electron chi connectivity index (χ1n) is 7.96. The summed E-state index contributed by atoms with van der Waals surface area (Å²) in [5.41, 5.74) is 2.38. The SMILES string of the molecule is CCc1noc(C)c1[C@H](C)N1CCN(c2ncc(C)s2)CC1. The molecule has 0 N–H and O–H groups in total. The maximum atomic E-state index is 5.40. The van der Waals surface area contributed by atoms with Gasteiger partial charge in [-0.15, -0.1) is 11.3 Å². The number of hydrogen-bond acceptors (Lipinski definition) is 6. The highest BCUT2D eigenvalue weighted by molar-refractivity contribution is 7.15. The summed E-state index contributed by atoms with van der Waals surface area (Å²) in [6.45, 7) is 12.7. The van der Waals surface area contributed by atoms with Crippen LogP contribution in [0.15, 0.2) is 10.7 Å². The molecule has 1 aliphatic rings. The van der Waals surface area contributed by atoms with Crippen LogP contribution in [0.4, 0.5) is 5.13 Å². The van der Waals surface area contributed by atoms with Crippen molar-refractivity contribution in [3.05, 3.63) is 28.1 Å². The van der Waals surface area contributed by atoms with Crippen LogP contribution < -0.4 is 4.90 Å². The van der Waals surface area contributed by atoms with Gasteiger partial charge in [0.1, 0.15) is 5.76 Å². The van der Waals surface area contributed by atoms with Gasteiger partial charge in [0.2, 0.25) is 0 Å². The van der Waals surface area contributed by atoms with Crippen LogP contribution in [0.3, 0.4) is 0 Å². The fourth-order valence-electron chi connectivity index (χ4n) is 3.19. The highest BCUT2D eigenvalue weighted by Gasteiger charge is 2.27. The number of aryl methyl sites for hydroxylation is 3. The lowest BCUT2D eigenvalue weighted by atomic mass is 10.0. The van der Waals surface area contributed by atoms with E-state index in [-0.39, 0.29) is 0 Å². The first-order chi connectivity index (χ1) is 10.6. The molecule has 6 heteroatoms. The molecule has 0 saturated carbocycles. The first kappa shape index (κ1) is 15.5. The molecule has 22 heavy (non-hydrogen) atoms. The fourth-order valence-corrected chi connectivity index (χ4v) is 4.00. The van der Waals surface area contributed by atoms with Gasteiger partial charge in [0.05, 0.1) is 5.69 Å². The van der Waals surface area contributed by atoms with E-state index in [2.05, 4.69) is 40.7 Å². The molecular weight excluding hydrogens is 296 g/mol.